The standard InChI is InChI=1S/C17H32N2/c1-16(2)13-8-9-17(3,11-13)15(16)18-12-14-7-5-6-10-19(14)4/h13-15,18H,5-12H2,1-4H3/t13-,14?,15?,17+/m0/s1. The van der Waals surface area contributed by atoms with E-state index in [-0.39, 0.29) is 0 Å². The molecule has 0 aromatic heterocycles. The van der Waals surface area contributed by atoms with Gasteiger partial charge in [0.05, 0.1) is 0 Å². The molecule has 110 valence electrons. The number of likely N-dealkylation sites (tertiary alicyclic amines) is 1. The Kier molecular flexibility index (Phi) is 3.46. The zero-order valence-electron chi connectivity index (χ0n) is 13.3. The van der Waals surface area contributed by atoms with Crippen LogP contribution in [0.4, 0.5) is 0 Å². The predicted molar refractivity (Wildman–Crippen MR) is 81.3 cm³/mol. The first-order valence-electron chi connectivity index (χ1n) is 8.37. The average molecular weight is 264 g/mol. The van der Waals surface area contributed by atoms with Gasteiger partial charge in [-0.05, 0) is 62.4 Å². The molecule has 2 unspecified atom stereocenters. The van der Waals surface area contributed by atoms with Crippen molar-refractivity contribution in [2.24, 2.45) is 16.7 Å². The molecule has 0 aromatic carbocycles. The Morgan fingerprint density at radius 2 is 1.95 bits per heavy atom. The summed E-state index contributed by atoms with van der Waals surface area (Å²) in [7, 11) is 2.30. The molecule has 2 bridgehead atoms. The lowest BCUT2D eigenvalue weighted by Crippen LogP contribution is -2.54. The first-order chi connectivity index (χ1) is 8.93. The van der Waals surface area contributed by atoms with Crippen LogP contribution < -0.4 is 5.32 Å². The minimum atomic E-state index is 0.500. The van der Waals surface area contributed by atoms with Gasteiger partial charge in [0.2, 0.25) is 0 Å². The average Bonchev–Trinajstić information content (AvgIpc) is 2.82. The van der Waals surface area contributed by atoms with Crippen LogP contribution in [0.25, 0.3) is 0 Å². The molecule has 2 saturated carbocycles. The van der Waals surface area contributed by atoms with Crippen LogP contribution in [0.2, 0.25) is 0 Å². The molecule has 0 amide bonds. The topological polar surface area (TPSA) is 15.3 Å². The van der Waals surface area contributed by atoms with Crippen molar-refractivity contribution < 1.29 is 0 Å². The normalized spacial score (nSPS) is 45.8. The third-order valence-electron chi connectivity index (χ3n) is 6.75. The third-order valence-corrected chi connectivity index (χ3v) is 6.75. The lowest BCUT2D eigenvalue weighted by Gasteiger charge is -2.45. The van der Waals surface area contributed by atoms with Crippen LogP contribution in [0.1, 0.15) is 59.3 Å². The maximum Gasteiger partial charge on any atom is 0.0217 e. The SMILES string of the molecule is CN1CCCCC1CNC1C(C)(C)[C@H]2CC[C@]1(C)C2. The third kappa shape index (κ3) is 2.25. The Bertz CT molecular complexity index is 333. The number of nitrogens with one attached hydrogen (secondary N) is 1. The molecule has 1 saturated heterocycles. The van der Waals surface area contributed by atoms with Crippen molar-refractivity contribution in [3.05, 3.63) is 0 Å². The van der Waals surface area contributed by atoms with Crippen LogP contribution in [0, 0.1) is 16.7 Å². The van der Waals surface area contributed by atoms with E-state index in [1.165, 1.54) is 51.6 Å². The van der Waals surface area contributed by atoms with E-state index in [4.69, 9.17) is 0 Å². The van der Waals surface area contributed by atoms with E-state index in [0.717, 1.165) is 18.0 Å². The Morgan fingerprint density at radius 3 is 2.58 bits per heavy atom. The van der Waals surface area contributed by atoms with Gasteiger partial charge in [-0.1, -0.05) is 27.2 Å². The highest BCUT2D eigenvalue weighted by Gasteiger charge is 2.58. The second kappa shape index (κ2) is 4.73. The summed E-state index contributed by atoms with van der Waals surface area (Å²) in [5.74, 6) is 0.957. The van der Waals surface area contributed by atoms with Crippen molar-refractivity contribution in [2.45, 2.75) is 71.4 Å². The van der Waals surface area contributed by atoms with E-state index in [2.05, 4.69) is 38.0 Å². The summed E-state index contributed by atoms with van der Waals surface area (Å²) in [6, 6.07) is 1.50. The second-order valence-corrected chi connectivity index (χ2v) is 8.39. The Balaban J connectivity index is 1.63. The summed E-state index contributed by atoms with van der Waals surface area (Å²) in [5.41, 5.74) is 1.07. The molecule has 2 aliphatic carbocycles. The smallest absolute Gasteiger partial charge is 0.0217 e. The van der Waals surface area contributed by atoms with E-state index < -0.39 is 0 Å². The van der Waals surface area contributed by atoms with Crippen molar-refractivity contribution in [2.75, 3.05) is 20.1 Å². The molecule has 0 radical (unpaired) electrons. The number of piperidine rings is 1. The minimum Gasteiger partial charge on any atom is -0.311 e. The number of rotatable bonds is 3. The van der Waals surface area contributed by atoms with Crippen LogP contribution in [-0.2, 0) is 0 Å². The number of likely N-dealkylation sites (N-methyl/N-ethyl adjacent to an activating group) is 1. The molecule has 0 spiro atoms. The minimum absolute atomic E-state index is 0.500. The molecule has 3 aliphatic rings. The summed E-state index contributed by atoms with van der Waals surface area (Å²) >= 11 is 0. The van der Waals surface area contributed by atoms with Gasteiger partial charge in [0.25, 0.3) is 0 Å². The highest BCUT2D eigenvalue weighted by molar-refractivity contribution is 5.12. The number of hydrogen-bond donors (Lipinski definition) is 1. The first-order valence-corrected chi connectivity index (χ1v) is 8.37. The predicted octanol–water partition coefficient (Wildman–Crippen LogP) is 3.28. The van der Waals surface area contributed by atoms with E-state index in [9.17, 15) is 0 Å². The molecule has 4 atom stereocenters. The lowest BCUT2D eigenvalue weighted by atomic mass is 9.68. The van der Waals surface area contributed by atoms with Gasteiger partial charge in [0.15, 0.2) is 0 Å². The van der Waals surface area contributed by atoms with Gasteiger partial charge in [-0.2, -0.15) is 0 Å². The van der Waals surface area contributed by atoms with Gasteiger partial charge in [0, 0.05) is 18.6 Å². The second-order valence-electron chi connectivity index (χ2n) is 8.39. The summed E-state index contributed by atoms with van der Waals surface area (Å²) in [6.07, 6.45) is 8.56. The van der Waals surface area contributed by atoms with Gasteiger partial charge >= 0.3 is 0 Å². The highest BCUT2D eigenvalue weighted by atomic mass is 15.2. The molecule has 19 heavy (non-hydrogen) atoms. The van der Waals surface area contributed by atoms with E-state index in [0.29, 0.717) is 10.8 Å². The zero-order chi connectivity index (χ0) is 13.7. The summed E-state index contributed by atoms with van der Waals surface area (Å²) < 4.78 is 0. The van der Waals surface area contributed by atoms with Crippen molar-refractivity contribution in [3.63, 3.8) is 0 Å². The lowest BCUT2D eigenvalue weighted by molar-refractivity contribution is 0.0933. The van der Waals surface area contributed by atoms with Gasteiger partial charge in [-0.3, -0.25) is 0 Å². The van der Waals surface area contributed by atoms with Crippen LogP contribution in [-0.4, -0.2) is 37.1 Å². The molecule has 1 aliphatic heterocycles. The maximum absolute atomic E-state index is 4.00. The molecule has 2 nitrogen and oxygen atoms in total. The van der Waals surface area contributed by atoms with Crippen molar-refractivity contribution in [3.8, 4) is 0 Å². The Labute approximate surface area is 119 Å². The van der Waals surface area contributed by atoms with Gasteiger partial charge < -0.3 is 10.2 Å². The molecule has 2 heteroatoms. The fraction of sp³-hybridized carbons (Fsp3) is 1.00. The summed E-state index contributed by atoms with van der Waals surface area (Å²) in [6.45, 7) is 10.0. The van der Waals surface area contributed by atoms with Gasteiger partial charge in [-0.15, -0.1) is 0 Å². The number of nitrogens with zero attached hydrogens (tertiary/aromatic N) is 1. The number of fused-ring (bicyclic) bond motifs is 2. The summed E-state index contributed by atoms with van der Waals surface area (Å²) in [5, 5.41) is 4.00. The van der Waals surface area contributed by atoms with E-state index >= 15 is 0 Å². The fourth-order valence-electron chi connectivity index (χ4n) is 5.47. The van der Waals surface area contributed by atoms with Crippen molar-refractivity contribution >= 4 is 0 Å². The summed E-state index contributed by atoms with van der Waals surface area (Å²) in [4.78, 5) is 2.57. The van der Waals surface area contributed by atoms with Gasteiger partial charge in [0.1, 0.15) is 0 Å². The highest BCUT2D eigenvalue weighted by Crippen LogP contribution is 2.62. The van der Waals surface area contributed by atoms with E-state index in [1.807, 2.05) is 0 Å². The maximum atomic E-state index is 4.00. The molecule has 1 heterocycles. The Morgan fingerprint density at radius 1 is 1.16 bits per heavy atom. The Hall–Kier alpha value is -0.0800. The largest absolute Gasteiger partial charge is 0.311 e. The first kappa shape index (κ1) is 13.9. The van der Waals surface area contributed by atoms with Crippen molar-refractivity contribution in [1.29, 1.82) is 0 Å². The monoisotopic (exact) mass is 264 g/mol. The number of hydrogen-bond acceptors (Lipinski definition) is 2. The molecule has 1 N–H and O–H groups in total. The van der Waals surface area contributed by atoms with Crippen LogP contribution in [0.5, 0.6) is 0 Å². The van der Waals surface area contributed by atoms with Gasteiger partial charge in [-0.25, -0.2) is 0 Å². The fourth-order valence-corrected chi connectivity index (χ4v) is 5.47. The molecule has 3 fully saturated rings. The van der Waals surface area contributed by atoms with Crippen molar-refractivity contribution in [1.82, 2.24) is 10.2 Å². The molecule has 3 rings (SSSR count). The van der Waals surface area contributed by atoms with Crippen LogP contribution >= 0.6 is 0 Å². The van der Waals surface area contributed by atoms with Crippen LogP contribution in [0.15, 0.2) is 0 Å². The molecule has 0 aromatic rings. The van der Waals surface area contributed by atoms with E-state index in [1.54, 1.807) is 0 Å². The molecular formula is C17H32N2. The molecular weight excluding hydrogens is 232 g/mol. The quantitative estimate of drug-likeness (QED) is 0.841. The van der Waals surface area contributed by atoms with Crippen LogP contribution in [0.3, 0.4) is 0 Å². The zero-order valence-corrected chi connectivity index (χ0v) is 13.3.